The van der Waals surface area contributed by atoms with E-state index < -0.39 is 0 Å². The highest BCUT2D eigenvalue weighted by Gasteiger charge is 2.34. The minimum absolute atomic E-state index is 0.00261. The number of piperazine rings is 1. The van der Waals surface area contributed by atoms with Crippen molar-refractivity contribution in [3.8, 4) is 0 Å². The van der Waals surface area contributed by atoms with Crippen molar-refractivity contribution < 1.29 is 9.59 Å². The van der Waals surface area contributed by atoms with Crippen LogP contribution in [0.25, 0.3) is 0 Å². The number of benzene rings is 1. The largest absolute Gasteiger partial charge is 0.367 e. The van der Waals surface area contributed by atoms with Crippen molar-refractivity contribution in [2.45, 2.75) is 46.1 Å². The van der Waals surface area contributed by atoms with Crippen molar-refractivity contribution in [3.05, 3.63) is 52.3 Å². The van der Waals surface area contributed by atoms with Crippen molar-refractivity contribution >= 4 is 17.4 Å². The second kappa shape index (κ2) is 6.87. The van der Waals surface area contributed by atoms with E-state index in [1.807, 2.05) is 11.8 Å². The number of amides is 1. The standard InChI is InChI=1S/C22H27N3O2/c1-14-7-4-5-9-18(14)24-11-12-25(15(2)13-24)22(27)20-16(3)23-17-8-6-10-19(26)21(17)20/h4-5,7,9,15,23H,6,8,10-13H2,1-3H3/t15-/m0/s1. The molecule has 0 unspecified atom stereocenters. The van der Waals surface area contributed by atoms with Gasteiger partial charge >= 0.3 is 0 Å². The maximum absolute atomic E-state index is 13.4. The second-order valence-corrected chi connectivity index (χ2v) is 7.84. The van der Waals surface area contributed by atoms with E-state index >= 15 is 0 Å². The van der Waals surface area contributed by atoms with Crippen LogP contribution in [-0.4, -0.2) is 47.3 Å². The molecule has 5 nitrogen and oxygen atoms in total. The number of anilines is 1. The number of H-pyrrole nitrogens is 1. The molecule has 1 aliphatic heterocycles. The van der Waals surface area contributed by atoms with Gasteiger partial charge in [-0.15, -0.1) is 0 Å². The molecule has 2 aromatic rings. The number of nitrogens with zero attached hydrogens (tertiary/aromatic N) is 2. The van der Waals surface area contributed by atoms with Gasteiger partial charge in [-0.25, -0.2) is 0 Å². The molecule has 142 valence electrons. The van der Waals surface area contributed by atoms with Gasteiger partial charge in [-0.2, -0.15) is 0 Å². The first-order valence-electron chi connectivity index (χ1n) is 9.83. The average Bonchev–Trinajstić information content (AvgIpc) is 2.99. The Balaban J connectivity index is 1.57. The minimum Gasteiger partial charge on any atom is -0.367 e. The van der Waals surface area contributed by atoms with E-state index in [-0.39, 0.29) is 17.7 Å². The molecule has 0 radical (unpaired) electrons. The molecule has 1 aromatic heterocycles. The zero-order chi connectivity index (χ0) is 19.1. The molecule has 5 heteroatoms. The van der Waals surface area contributed by atoms with Gasteiger partial charge < -0.3 is 14.8 Å². The predicted molar refractivity (Wildman–Crippen MR) is 107 cm³/mol. The number of hydrogen-bond donors (Lipinski definition) is 1. The number of rotatable bonds is 2. The van der Waals surface area contributed by atoms with Crippen molar-refractivity contribution in [2.75, 3.05) is 24.5 Å². The highest BCUT2D eigenvalue weighted by atomic mass is 16.2. The van der Waals surface area contributed by atoms with E-state index in [4.69, 9.17) is 0 Å². The van der Waals surface area contributed by atoms with Gasteiger partial charge in [0.05, 0.1) is 11.1 Å². The summed E-state index contributed by atoms with van der Waals surface area (Å²) in [5.41, 5.74) is 5.52. The number of aromatic amines is 1. The van der Waals surface area contributed by atoms with Gasteiger partial charge in [0.25, 0.3) is 5.91 Å². The van der Waals surface area contributed by atoms with Crippen LogP contribution in [0.4, 0.5) is 5.69 Å². The number of Topliss-reactive ketones (excluding diaryl/α,β-unsaturated/α-hetero) is 1. The molecule has 1 aromatic carbocycles. The van der Waals surface area contributed by atoms with Crippen molar-refractivity contribution in [3.63, 3.8) is 0 Å². The van der Waals surface area contributed by atoms with E-state index in [9.17, 15) is 9.59 Å². The lowest BCUT2D eigenvalue weighted by molar-refractivity contribution is 0.0669. The van der Waals surface area contributed by atoms with Crippen molar-refractivity contribution in [2.24, 2.45) is 0 Å². The monoisotopic (exact) mass is 365 g/mol. The zero-order valence-electron chi connectivity index (χ0n) is 16.3. The van der Waals surface area contributed by atoms with Gasteiger partial charge in [0.2, 0.25) is 0 Å². The number of aryl methyl sites for hydroxylation is 3. The van der Waals surface area contributed by atoms with E-state index in [0.717, 1.165) is 37.3 Å². The lowest BCUT2D eigenvalue weighted by atomic mass is 9.92. The van der Waals surface area contributed by atoms with Crippen LogP contribution in [0, 0.1) is 13.8 Å². The number of carbonyl (C=O) groups excluding carboxylic acids is 2. The number of para-hydroxylation sites is 1. The summed E-state index contributed by atoms with van der Waals surface area (Å²) in [6.45, 7) is 8.41. The molecule has 1 fully saturated rings. The molecule has 1 amide bonds. The molecule has 0 spiro atoms. The average molecular weight is 365 g/mol. The first kappa shape index (κ1) is 17.8. The summed E-state index contributed by atoms with van der Waals surface area (Å²) in [7, 11) is 0. The number of aromatic nitrogens is 1. The highest BCUT2D eigenvalue weighted by molar-refractivity contribution is 6.10. The smallest absolute Gasteiger partial charge is 0.256 e. The lowest BCUT2D eigenvalue weighted by Gasteiger charge is -2.41. The molecule has 27 heavy (non-hydrogen) atoms. The van der Waals surface area contributed by atoms with Gasteiger partial charge in [-0.3, -0.25) is 9.59 Å². The SMILES string of the molecule is Cc1ccccc1N1CCN(C(=O)c2c(C)[nH]c3c2C(=O)CCC3)[C@@H](C)C1. The molecule has 2 heterocycles. The van der Waals surface area contributed by atoms with E-state index in [1.165, 1.54) is 11.3 Å². The Kier molecular flexibility index (Phi) is 4.54. The summed E-state index contributed by atoms with van der Waals surface area (Å²) in [6, 6.07) is 8.47. The molecule has 2 aliphatic rings. The molecular formula is C22H27N3O2. The Hall–Kier alpha value is -2.56. The van der Waals surface area contributed by atoms with Crippen LogP contribution >= 0.6 is 0 Å². The fourth-order valence-corrected chi connectivity index (χ4v) is 4.54. The van der Waals surface area contributed by atoms with Crippen LogP contribution in [0.5, 0.6) is 0 Å². The molecule has 0 bridgehead atoms. The lowest BCUT2D eigenvalue weighted by Crippen LogP contribution is -2.54. The van der Waals surface area contributed by atoms with E-state index in [0.29, 0.717) is 24.1 Å². The third kappa shape index (κ3) is 3.05. The van der Waals surface area contributed by atoms with Gasteiger partial charge in [0.1, 0.15) is 0 Å². The van der Waals surface area contributed by atoms with Crippen LogP contribution in [0.3, 0.4) is 0 Å². The van der Waals surface area contributed by atoms with Gasteiger partial charge in [0, 0.05) is 49.2 Å². The van der Waals surface area contributed by atoms with Crippen LogP contribution in [0.15, 0.2) is 24.3 Å². The Bertz CT molecular complexity index is 899. The Labute approximate surface area is 160 Å². The minimum atomic E-state index is -0.00261. The van der Waals surface area contributed by atoms with Crippen molar-refractivity contribution in [1.29, 1.82) is 0 Å². The van der Waals surface area contributed by atoms with Crippen LogP contribution in [-0.2, 0) is 6.42 Å². The second-order valence-electron chi connectivity index (χ2n) is 7.84. The summed E-state index contributed by atoms with van der Waals surface area (Å²) in [5.74, 6) is 0.104. The number of fused-ring (bicyclic) bond motifs is 1. The molecular weight excluding hydrogens is 338 g/mol. The summed E-state index contributed by atoms with van der Waals surface area (Å²) in [5, 5.41) is 0. The quantitative estimate of drug-likeness (QED) is 0.886. The maximum atomic E-state index is 13.4. The molecule has 0 saturated carbocycles. The Morgan fingerprint density at radius 2 is 1.93 bits per heavy atom. The number of hydrogen-bond acceptors (Lipinski definition) is 3. The molecule has 1 saturated heterocycles. The topological polar surface area (TPSA) is 56.4 Å². The summed E-state index contributed by atoms with van der Waals surface area (Å²) < 4.78 is 0. The van der Waals surface area contributed by atoms with E-state index in [2.05, 4.69) is 48.0 Å². The van der Waals surface area contributed by atoms with Gasteiger partial charge in [0.15, 0.2) is 5.78 Å². The molecule has 1 atom stereocenters. The molecule has 4 rings (SSSR count). The predicted octanol–water partition coefficient (Wildman–Crippen LogP) is 3.50. The Morgan fingerprint density at radius 1 is 1.15 bits per heavy atom. The molecule has 1 N–H and O–H groups in total. The fourth-order valence-electron chi connectivity index (χ4n) is 4.54. The van der Waals surface area contributed by atoms with E-state index in [1.54, 1.807) is 0 Å². The third-order valence-electron chi connectivity index (χ3n) is 5.93. The zero-order valence-corrected chi connectivity index (χ0v) is 16.3. The first-order valence-corrected chi connectivity index (χ1v) is 9.83. The fraction of sp³-hybridized carbons (Fsp3) is 0.455. The van der Waals surface area contributed by atoms with Crippen LogP contribution < -0.4 is 4.90 Å². The van der Waals surface area contributed by atoms with Crippen molar-refractivity contribution in [1.82, 2.24) is 9.88 Å². The summed E-state index contributed by atoms with van der Waals surface area (Å²) in [4.78, 5) is 33.4. The Morgan fingerprint density at radius 3 is 2.67 bits per heavy atom. The third-order valence-corrected chi connectivity index (χ3v) is 5.93. The number of nitrogens with one attached hydrogen (secondary N) is 1. The van der Waals surface area contributed by atoms with Crippen LogP contribution in [0.1, 0.15) is 57.4 Å². The number of carbonyl (C=O) groups is 2. The number of ketones is 1. The van der Waals surface area contributed by atoms with Gasteiger partial charge in [-0.05, 0) is 45.2 Å². The molecule has 1 aliphatic carbocycles. The van der Waals surface area contributed by atoms with Crippen LogP contribution in [0.2, 0.25) is 0 Å². The maximum Gasteiger partial charge on any atom is 0.256 e. The normalized spacial score (nSPS) is 20.0. The highest BCUT2D eigenvalue weighted by Crippen LogP contribution is 2.30. The first-order chi connectivity index (χ1) is 13.0. The summed E-state index contributed by atoms with van der Waals surface area (Å²) in [6.07, 6.45) is 2.26. The summed E-state index contributed by atoms with van der Waals surface area (Å²) >= 11 is 0. The van der Waals surface area contributed by atoms with Gasteiger partial charge in [-0.1, -0.05) is 18.2 Å².